The van der Waals surface area contributed by atoms with Gasteiger partial charge in [0.1, 0.15) is 48.2 Å². The number of hydrogen-bond donors (Lipinski definition) is 6. The van der Waals surface area contributed by atoms with E-state index in [0.29, 0.717) is 19.3 Å². The Labute approximate surface area is 321 Å². The summed E-state index contributed by atoms with van der Waals surface area (Å²) in [5, 5.41) is 63.3. The Bertz CT molecular complexity index is 1380. The predicted molar refractivity (Wildman–Crippen MR) is 204 cm³/mol. The maximum absolute atomic E-state index is 13.7. The molecule has 12 nitrogen and oxygen atoms in total. The average molecular weight is 765 g/mol. The molecular weight excluding hydrogens is 696 g/mol. The van der Waals surface area contributed by atoms with Crippen molar-refractivity contribution in [3.05, 3.63) is 46.6 Å². The number of rotatable bonds is 17. The zero-order valence-corrected chi connectivity index (χ0v) is 34.0. The first-order chi connectivity index (χ1) is 25.2. The van der Waals surface area contributed by atoms with E-state index < -0.39 is 79.0 Å². The third kappa shape index (κ3) is 11.7. The highest BCUT2D eigenvalue weighted by atomic mass is 16.7. The molecule has 0 radical (unpaired) electrons. The fraction of sp³-hybridized carbons (Fsp3) is 0.762. The molecule has 2 aliphatic heterocycles. The maximum Gasteiger partial charge on any atom is 0.187 e. The van der Waals surface area contributed by atoms with Crippen molar-refractivity contribution >= 4 is 11.6 Å². The molecule has 1 aliphatic carbocycles. The Balaban J connectivity index is 1.68. The van der Waals surface area contributed by atoms with Crippen molar-refractivity contribution in [3.63, 3.8) is 0 Å². The quantitative estimate of drug-likeness (QED) is 0.115. The second-order valence-electron chi connectivity index (χ2n) is 16.5. The summed E-state index contributed by atoms with van der Waals surface area (Å²) < 4.78 is 23.6. The summed E-state index contributed by atoms with van der Waals surface area (Å²) in [5.74, 6) is -0.355. The van der Waals surface area contributed by atoms with Crippen molar-refractivity contribution in [3.8, 4) is 0 Å². The van der Waals surface area contributed by atoms with Crippen LogP contribution in [0.25, 0.3) is 0 Å². The van der Waals surface area contributed by atoms with Crippen LogP contribution in [0, 0.1) is 17.3 Å². The lowest BCUT2D eigenvalue weighted by molar-refractivity contribution is -0.354. The fourth-order valence-corrected chi connectivity index (χ4v) is 7.74. The molecule has 2 saturated heterocycles. The van der Waals surface area contributed by atoms with E-state index in [1.165, 1.54) is 6.92 Å². The third-order valence-electron chi connectivity index (χ3n) is 11.7. The van der Waals surface area contributed by atoms with Gasteiger partial charge in [-0.3, -0.25) is 9.59 Å². The van der Waals surface area contributed by atoms with Gasteiger partial charge in [0.25, 0.3) is 0 Å². The molecule has 15 unspecified atom stereocenters. The van der Waals surface area contributed by atoms with Crippen molar-refractivity contribution in [2.24, 2.45) is 17.3 Å². The Morgan fingerprint density at radius 1 is 0.759 bits per heavy atom. The highest BCUT2D eigenvalue weighted by Gasteiger charge is 2.50. The molecule has 3 fully saturated rings. The largest absolute Gasteiger partial charge is 0.388 e. The molecule has 0 aromatic heterocycles. The first-order valence-electron chi connectivity index (χ1n) is 19.6. The number of Topliss-reactive ketones (excluding diaryl/α,β-unsaturated/α-hetero) is 2. The summed E-state index contributed by atoms with van der Waals surface area (Å²) >= 11 is 0. The van der Waals surface area contributed by atoms with Gasteiger partial charge in [-0.15, -0.1) is 0 Å². The lowest BCUT2D eigenvalue weighted by Gasteiger charge is -2.45. The van der Waals surface area contributed by atoms with Crippen LogP contribution >= 0.6 is 0 Å². The first kappa shape index (κ1) is 46.3. The van der Waals surface area contributed by atoms with E-state index >= 15 is 0 Å². The molecule has 1 saturated carbocycles. The van der Waals surface area contributed by atoms with Gasteiger partial charge in [0.15, 0.2) is 12.6 Å². The van der Waals surface area contributed by atoms with Crippen LogP contribution in [0.3, 0.4) is 0 Å². The van der Waals surface area contributed by atoms with Crippen molar-refractivity contribution in [1.29, 1.82) is 0 Å². The highest BCUT2D eigenvalue weighted by Crippen LogP contribution is 2.49. The first-order valence-corrected chi connectivity index (χ1v) is 19.6. The molecule has 2 heterocycles. The van der Waals surface area contributed by atoms with E-state index in [1.54, 1.807) is 6.92 Å². The predicted octanol–water partition coefficient (Wildman–Crippen LogP) is 4.38. The summed E-state index contributed by atoms with van der Waals surface area (Å²) in [6.07, 6.45) is -3.05. The number of carbonyl (C=O) groups is 2. The molecule has 3 aliphatic rings. The minimum atomic E-state index is -1.60. The smallest absolute Gasteiger partial charge is 0.187 e. The van der Waals surface area contributed by atoms with Gasteiger partial charge in [0.05, 0.1) is 24.4 Å². The molecule has 0 aromatic rings. The number of hydrogen-bond acceptors (Lipinski definition) is 12. The standard InChI is InChI=1S/C42H68O12/c1-22(2)13-17-30(43)24(5)16-20-33(45)42(10)21-11-12-29(42)26(7)31(44)18-15-25(6)32(19-14-23(3)4)53-40-38(50)36(48)39(28(9)52-40)54-41-37(49)35(47)34(46)27(8)51-41/h13-16,26-30,32,34-41,43,46-50H,11-12,17-21H2,1-10H3. The normalized spacial score (nSPS) is 36.6. The van der Waals surface area contributed by atoms with Crippen LogP contribution < -0.4 is 0 Å². The average Bonchev–Trinajstić information content (AvgIpc) is 3.53. The summed E-state index contributed by atoms with van der Waals surface area (Å²) in [5.41, 5.74) is 3.03. The van der Waals surface area contributed by atoms with E-state index in [1.807, 2.05) is 79.7 Å². The van der Waals surface area contributed by atoms with Crippen LogP contribution in [0.15, 0.2) is 46.6 Å². The molecular formula is C42H68O12. The molecule has 308 valence electrons. The Morgan fingerprint density at radius 3 is 1.96 bits per heavy atom. The van der Waals surface area contributed by atoms with E-state index in [2.05, 4.69) is 0 Å². The van der Waals surface area contributed by atoms with E-state index in [4.69, 9.17) is 18.9 Å². The Hall–Kier alpha value is -2.10. The topological polar surface area (TPSA) is 192 Å². The minimum Gasteiger partial charge on any atom is -0.388 e. The summed E-state index contributed by atoms with van der Waals surface area (Å²) in [6.45, 7) is 18.5. The van der Waals surface area contributed by atoms with Gasteiger partial charge in [0.2, 0.25) is 0 Å². The molecule has 54 heavy (non-hydrogen) atoms. The molecule has 6 N–H and O–H groups in total. The van der Waals surface area contributed by atoms with Crippen LogP contribution in [0.4, 0.5) is 0 Å². The van der Waals surface area contributed by atoms with Gasteiger partial charge >= 0.3 is 0 Å². The van der Waals surface area contributed by atoms with E-state index in [0.717, 1.165) is 35.1 Å². The van der Waals surface area contributed by atoms with Crippen molar-refractivity contribution in [2.75, 3.05) is 0 Å². The zero-order chi connectivity index (χ0) is 40.7. The SMILES string of the molecule is CC(C)=CCC(O)C(C)=CCC(=O)C1(C)CCCC1C(C)C(=O)CC=C(C)C(CC=C(C)C)OC1OC(C)C(OC2OC(C)C(O)C(O)C2O)C(O)C1O. The lowest BCUT2D eigenvalue weighted by atomic mass is 9.68. The maximum atomic E-state index is 13.7. The second kappa shape index (κ2) is 20.4. The molecule has 0 bridgehead atoms. The van der Waals surface area contributed by atoms with E-state index in [-0.39, 0.29) is 36.2 Å². The van der Waals surface area contributed by atoms with Crippen molar-refractivity contribution < 1.29 is 59.2 Å². The fourth-order valence-electron chi connectivity index (χ4n) is 7.74. The van der Waals surface area contributed by atoms with Gasteiger partial charge in [-0.2, -0.15) is 0 Å². The molecule has 0 amide bonds. The summed E-state index contributed by atoms with van der Waals surface area (Å²) in [6, 6.07) is 0. The summed E-state index contributed by atoms with van der Waals surface area (Å²) in [4.78, 5) is 27.3. The summed E-state index contributed by atoms with van der Waals surface area (Å²) in [7, 11) is 0. The number of carbonyl (C=O) groups excluding carboxylic acids is 2. The molecule has 0 aromatic carbocycles. The van der Waals surface area contributed by atoms with E-state index in [9.17, 15) is 40.2 Å². The number of aliphatic hydroxyl groups is 6. The third-order valence-corrected chi connectivity index (χ3v) is 11.7. The zero-order valence-electron chi connectivity index (χ0n) is 34.0. The molecule has 15 atom stereocenters. The highest BCUT2D eigenvalue weighted by molar-refractivity contribution is 5.88. The number of ether oxygens (including phenoxy) is 4. The van der Waals surface area contributed by atoms with Crippen LogP contribution in [-0.4, -0.2) is 116 Å². The van der Waals surface area contributed by atoms with Crippen LogP contribution in [0.5, 0.6) is 0 Å². The number of ketones is 2. The second-order valence-corrected chi connectivity index (χ2v) is 16.5. The Kier molecular flexibility index (Phi) is 17.5. The van der Waals surface area contributed by atoms with Gasteiger partial charge in [0, 0.05) is 24.2 Å². The van der Waals surface area contributed by atoms with Gasteiger partial charge in [-0.1, -0.05) is 55.7 Å². The Morgan fingerprint density at radius 2 is 1.33 bits per heavy atom. The van der Waals surface area contributed by atoms with Gasteiger partial charge < -0.3 is 49.6 Å². The molecule has 0 spiro atoms. The van der Waals surface area contributed by atoms with Crippen LogP contribution in [-0.2, 0) is 28.5 Å². The molecule has 12 heteroatoms. The lowest BCUT2D eigenvalue weighted by Crippen LogP contribution is -2.63. The number of allylic oxidation sites excluding steroid dienone is 4. The van der Waals surface area contributed by atoms with Crippen LogP contribution in [0.2, 0.25) is 0 Å². The van der Waals surface area contributed by atoms with Gasteiger partial charge in [-0.05, 0) is 98.1 Å². The van der Waals surface area contributed by atoms with Gasteiger partial charge in [-0.25, -0.2) is 0 Å². The minimum absolute atomic E-state index is 0.0159. The van der Waals surface area contributed by atoms with Crippen molar-refractivity contribution in [2.45, 2.75) is 188 Å². The number of aliphatic hydroxyl groups excluding tert-OH is 6. The molecule has 3 rings (SSSR count). The van der Waals surface area contributed by atoms with Crippen LogP contribution in [0.1, 0.15) is 114 Å². The monoisotopic (exact) mass is 764 g/mol. The van der Waals surface area contributed by atoms with Crippen molar-refractivity contribution in [1.82, 2.24) is 0 Å².